The number of hydrogen-bond acceptors (Lipinski definition) is 4. The summed E-state index contributed by atoms with van der Waals surface area (Å²) < 4.78 is 0. The number of rotatable bonds is 5. The van der Waals surface area contributed by atoms with Gasteiger partial charge in [-0.3, -0.25) is 14.6 Å². The Morgan fingerprint density at radius 1 is 1.00 bits per heavy atom. The number of carbonyl (C=O) groups is 2. The quantitative estimate of drug-likeness (QED) is 0.761. The molecule has 0 spiro atoms. The van der Waals surface area contributed by atoms with Crippen LogP contribution in [0.25, 0.3) is 11.1 Å². The summed E-state index contributed by atoms with van der Waals surface area (Å²) in [6.45, 7) is 1.30. The van der Waals surface area contributed by atoms with E-state index < -0.39 is 11.9 Å². The first-order valence-electron chi connectivity index (χ1n) is 7.63. The van der Waals surface area contributed by atoms with Crippen LogP contribution in [-0.2, 0) is 4.79 Å². The third kappa shape index (κ3) is 4.58. The summed E-state index contributed by atoms with van der Waals surface area (Å²) in [6, 6.07) is 15.1. The van der Waals surface area contributed by atoms with E-state index >= 15 is 0 Å². The number of hydrogen-bond donors (Lipinski definition) is 3. The smallest absolute Gasteiger partial charge is 0.322 e. The van der Waals surface area contributed by atoms with Crippen LogP contribution >= 0.6 is 12.4 Å². The molecule has 0 bridgehead atoms. The van der Waals surface area contributed by atoms with Gasteiger partial charge in [0, 0.05) is 17.7 Å². The zero-order valence-corrected chi connectivity index (χ0v) is 14.2. The molecule has 0 aromatic heterocycles. The van der Waals surface area contributed by atoms with E-state index in [0.29, 0.717) is 5.56 Å². The number of amidine groups is 1. The summed E-state index contributed by atoms with van der Waals surface area (Å²) in [6.07, 6.45) is 0. The van der Waals surface area contributed by atoms with Crippen LogP contribution in [0.15, 0.2) is 53.5 Å². The van der Waals surface area contributed by atoms with Crippen LogP contribution in [0.1, 0.15) is 15.9 Å². The molecule has 3 rings (SSSR count). The number of aliphatic carboxylic acids is 1. The van der Waals surface area contributed by atoms with Crippen LogP contribution < -0.4 is 10.6 Å². The van der Waals surface area contributed by atoms with E-state index in [1.54, 1.807) is 12.1 Å². The molecule has 1 heterocycles. The Morgan fingerprint density at radius 3 is 2.08 bits per heavy atom. The number of aliphatic imine (C=N–C) groups is 1. The van der Waals surface area contributed by atoms with Gasteiger partial charge in [-0.05, 0) is 23.3 Å². The molecule has 1 amide bonds. The first-order valence-corrected chi connectivity index (χ1v) is 7.63. The molecule has 0 atom stereocenters. The largest absolute Gasteiger partial charge is 0.480 e. The molecule has 1 aliphatic heterocycles. The van der Waals surface area contributed by atoms with Crippen LogP contribution in [0.2, 0.25) is 0 Å². The topological polar surface area (TPSA) is 90.8 Å². The van der Waals surface area contributed by atoms with Crippen LogP contribution in [0, 0.1) is 0 Å². The molecule has 0 aliphatic carbocycles. The molecule has 7 heteroatoms. The van der Waals surface area contributed by atoms with Crippen molar-refractivity contribution in [1.29, 1.82) is 0 Å². The number of carboxylic acids is 1. The molecule has 0 radical (unpaired) electrons. The van der Waals surface area contributed by atoms with E-state index in [9.17, 15) is 9.59 Å². The average molecular weight is 360 g/mol. The standard InChI is InChI=1S/C18H17N3O3.ClH/c22-16(23)11-21-18(24)15-7-3-13(4-8-15)12-1-5-14(6-2-12)17-19-9-10-20-17;/h1-8H,9-11H2,(H,19,20)(H,21,24)(H,22,23);1H. The van der Waals surface area contributed by atoms with Crippen LogP contribution in [-0.4, -0.2) is 42.5 Å². The zero-order valence-electron chi connectivity index (χ0n) is 13.4. The monoisotopic (exact) mass is 359 g/mol. The SMILES string of the molecule is Cl.O=C(O)CNC(=O)c1ccc(-c2ccc(C3=NCCN3)cc2)cc1. The lowest BCUT2D eigenvalue weighted by Crippen LogP contribution is -2.29. The summed E-state index contributed by atoms with van der Waals surface area (Å²) in [5.41, 5.74) is 3.51. The second kappa shape index (κ2) is 8.30. The van der Waals surface area contributed by atoms with Gasteiger partial charge in [-0.25, -0.2) is 0 Å². The Balaban J connectivity index is 0.00000225. The molecule has 6 nitrogen and oxygen atoms in total. The number of nitrogens with one attached hydrogen (secondary N) is 2. The van der Waals surface area contributed by atoms with Crippen molar-refractivity contribution < 1.29 is 14.7 Å². The molecule has 0 saturated heterocycles. The van der Waals surface area contributed by atoms with Gasteiger partial charge in [-0.15, -0.1) is 12.4 Å². The Hall–Kier alpha value is -2.86. The number of benzene rings is 2. The lowest BCUT2D eigenvalue weighted by Gasteiger charge is -2.07. The summed E-state index contributed by atoms with van der Waals surface area (Å²) >= 11 is 0. The molecule has 0 saturated carbocycles. The number of halogens is 1. The molecular formula is C18H18ClN3O3. The molecule has 1 aliphatic rings. The van der Waals surface area contributed by atoms with Gasteiger partial charge in [-0.1, -0.05) is 36.4 Å². The number of carboxylic acid groups (broad SMARTS) is 1. The predicted octanol–water partition coefficient (Wildman–Crippen LogP) is 1.94. The molecule has 25 heavy (non-hydrogen) atoms. The normalized spacial score (nSPS) is 12.6. The lowest BCUT2D eigenvalue weighted by molar-refractivity contribution is -0.135. The van der Waals surface area contributed by atoms with Gasteiger partial charge in [0.05, 0.1) is 6.54 Å². The van der Waals surface area contributed by atoms with Crippen LogP contribution in [0.5, 0.6) is 0 Å². The summed E-state index contributed by atoms with van der Waals surface area (Å²) in [5, 5.41) is 14.1. The fourth-order valence-corrected chi connectivity index (χ4v) is 2.48. The van der Waals surface area contributed by atoms with E-state index in [1.807, 2.05) is 36.4 Å². The van der Waals surface area contributed by atoms with Crippen molar-refractivity contribution in [3.63, 3.8) is 0 Å². The highest BCUT2D eigenvalue weighted by atomic mass is 35.5. The van der Waals surface area contributed by atoms with Gasteiger partial charge >= 0.3 is 5.97 Å². The van der Waals surface area contributed by atoms with Crippen molar-refractivity contribution in [3.05, 3.63) is 59.7 Å². The highest BCUT2D eigenvalue weighted by Crippen LogP contribution is 2.20. The number of amides is 1. The van der Waals surface area contributed by atoms with Crippen molar-refractivity contribution in [2.75, 3.05) is 19.6 Å². The van der Waals surface area contributed by atoms with Crippen LogP contribution in [0.3, 0.4) is 0 Å². The Bertz CT molecular complexity index is 786. The summed E-state index contributed by atoms with van der Waals surface area (Å²) in [7, 11) is 0. The third-order valence-corrected chi connectivity index (χ3v) is 3.71. The number of nitrogens with zero attached hydrogens (tertiary/aromatic N) is 1. The maximum atomic E-state index is 11.8. The second-order valence-electron chi connectivity index (χ2n) is 5.39. The second-order valence-corrected chi connectivity index (χ2v) is 5.39. The fourth-order valence-electron chi connectivity index (χ4n) is 2.48. The Morgan fingerprint density at radius 2 is 1.56 bits per heavy atom. The highest BCUT2D eigenvalue weighted by Gasteiger charge is 2.09. The minimum absolute atomic E-state index is 0. The van der Waals surface area contributed by atoms with Crippen molar-refractivity contribution >= 4 is 30.1 Å². The maximum Gasteiger partial charge on any atom is 0.322 e. The van der Waals surface area contributed by atoms with E-state index in [2.05, 4.69) is 15.6 Å². The molecule has 3 N–H and O–H groups in total. The van der Waals surface area contributed by atoms with E-state index in [4.69, 9.17) is 5.11 Å². The molecule has 0 fully saturated rings. The molecule has 2 aromatic rings. The average Bonchev–Trinajstić information content (AvgIpc) is 3.14. The lowest BCUT2D eigenvalue weighted by atomic mass is 10.0. The van der Waals surface area contributed by atoms with Crippen molar-refractivity contribution in [2.24, 2.45) is 4.99 Å². The van der Waals surface area contributed by atoms with E-state index in [-0.39, 0.29) is 19.0 Å². The predicted molar refractivity (Wildman–Crippen MR) is 98.5 cm³/mol. The molecule has 130 valence electrons. The van der Waals surface area contributed by atoms with E-state index in [1.165, 1.54) is 0 Å². The molecule has 0 unspecified atom stereocenters. The van der Waals surface area contributed by atoms with E-state index in [0.717, 1.165) is 35.6 Å². The number of carbonyl (C=O) groups excluding carboxylic acids is 1. The van der Waals surface area contributed by atoms with Gasteiger partial charge in [0.15, 0.2) is 0 Å². The minimum atomic E-state index is -1.07. The highest BCUT2D eigenvalue weighted by molar-refractivity contribution is 6.00. The van der Waals surface area contributed by atoms with Gasteiger partial charge < -0.3 is 15.7 Å². The molecular weight excluding hydrogens is 342 g/mol. The fraction of sp³-hybridized carbons (Fsp3) is 0.167. The Kier molecular flexibility index (Phi) is 6.14. The van der Waals surface area contributed by atoms with Gasteiger partial charge in [-0.2, -0.15) is 0 Å². The van der Waals surface area contributed by atoms with Crippen LogP contribution in [0.4, 0.5) is 0 Å². The van der Waals surface area contributed by atoms with Crippen molar-refractivity contribution in [3.8, 4) is 11.1 Å². The first-order chi connectivity index (χ1) is 11.6. The summed E-state index contributed by atoms with van der Waals surface area (Å²) in [5.74, 6) is -0.543. The van der Waals surface area contributed by atoms with Crippen molar-refractivity contribution in [1.82, 2.24) is 10.6 Å². The van der Waals surface area contributed by atoms with Gasteiger partial charge in [0.25, 0.3) is 5.91 Å². The summed E-state index contributed by atoms with van der Waals surface area (Å²) in [4.78, 5) is 26.7. The van der Waals surface area contributed by atoms with Crippen molar-refractivity contribution in [2.45, 2.75) is 0 Å². The third-order valence-electron chi connectivity index (χ3n) is 3.71. The first kappa shape index (κ1) is 18.5. The molecule has 2 aromatic carbocycles. The van der Waals surface area contributed by atoms with Gasteiger partial charge in [0.1, 0.15) is 12.4 Å². The zero-order chi connectivity index (χ0) is 16.9. The van der Waals surface area contributed by atoms with Gasteiger partial charge in [0.2, 0.25) is 0 Å². The maximum absolute atomic E-state index is 11.8. The minimum Gasteiger partial charge on any atom is -0.480 e. The Labute approximate surface area is 151 Å².